The summed E-state index contributed by atoms with van der Waals surface area (Å²) in [5.74, 6) is -0.329. The highest BCUT2D eigenvalue weighted by Crippen LogP contribution is 2.27. The maximum Gasteiger partial charge on any atom is 0.307 e. The predicted molar refractivity (Wildman–Crippen MR) is 57.9 cm³/mol. The fourth-order valence-corrected chi connectivity index (χ4v) is 2.02. The Morgan fingerprint density at radius 2 is 2.06 bits per heavy atom. The molecule has 90 valence electrons. The topological polar surface area (TPSA) is 69.6 Å². The molecule has 1 aliphatic heterocycles. The lowest BCUT2D eigenvalue weighted by Crippen LogP contribution is -2.37. The monoisotopic (exact) mass is 226 g/mol. The molecule has 2 aliphatic rings. The Kier molecular flexibility index (Phi) is 3.43. The second-order valence-electron chi connectivity index (χ2n) is 4.81. The lowest BCUT2D eigenvalue weighted by atomic mass is 10.1. The number of aliphatic carboxylic acids is 1. The Labute approximate surface area is 94.8 Å². The standard InChI is InChI=1S/C11H18N2O3/c14-10(12-5-8-1-2-8)7-13-4-3-9(6-13)11(15)16/h8-9H,1-7H2,(H,12,14)(H,15,16). The first kappa shape index (κ1) is 11.4. The number of nitrogens with one attached hydrogen (secondary N) is 1. The molecule has 0 aromatic rings. The van der Waals surface area contributed by atoms with E-state index in [1.54, 1.807) is 0 Å². The number of amides is 1. The lowest BCUT2D eigenvalue weighted by molar-refractivity contribution is -0.141. The van der Waals surface area contributed by atoms with Gasteiger partial charge in [-0.3, -0.25) is 14.5 Å². The number of hydrogen-bond acceptors (Lipinski definition) is 3. The number of rotatable bonds is 5. The van der Waals surface area contributed by atoms with Crippen LogP contribution in [0.4, 0.5) is 0 Å². The molecule has 0 aromatic carbocycles. The van der Waals surface area contributed by atoms with Crippen LogP contribution in [0, 0.1) is 11.8 Å². The third-order valence-corrected chi connectivity index (χ3v) is 3.27. The minimum Gasteiger partial charge on any atom is -0.481 e. The van der Waals surface area contributed by atoms with Gasteiger partial charge in [0.25, 0.3) is 0 Å². The first-order chi connectivity index (χ1) is 7.65. The first-order valence-electron chi connectivity index (χ1n) is 5.87. The van der Waals surface area contributed by atoms with Crippen LogP contribution >= 0.6 is 0 Å². The fourth-order valence-electron chi connectivity index (χ4n) is 2.02. The van der Waals surface area contributed by atoms with E-state index in [9.17, 15) is 9.59 Å². The van der Waals surface area contributed by atoms with Crippen LogP contribution in [0.5, 0.6) is 0 Å². The van der Waals surface area contributed by atoms with Crippen LogP contribution in [0.25, 0.3) is 0 Å². The van der Waals surface area contributed by atoms with Gasteiger partial charge in [-0.05, 0) is 31.7 Å². The number of likely N-dealkylation sites (tertiary alicyclic amines) is 1. The summed E-state index contributed by atoms with van der Waals surface area (Å²) in [7, 11) is 0. The second-order valence-corrected chi connectivity index (χ2v) is 4.81. The highest BCUT2D eigenvalue weighted by molar-refractivity contribution is 5.78. The summed E-state index contributed by atoms with van der Waals surface area (Å²) in [6.07, 6.45) is 3.11. The first-order valence-corrected chi connectivity index (χ1v) is 5.87. The van der Waals surface area contributed by atoms with Crippen molar-refractivity contribution in [1.82, 2.24) is 10.2 Å². The van der Waals surface area contributed by atoms with Crippen molar-refractivity contribution in [1.29, 1.82) is 0 Å². The van der Waals surface area contributed by atoms with Crippen LogP contribution in [0.3, 0.4) is 0 Å². The molecule has 2 rings (SSSR count). The summed E-state index contributed by atoms with van der Waals surface area (Å²) >= 11 is 0. The van der Waals surface area contributed by atoms with Gasteiger partial charge in [0.05, 0.1) is 12.5 Å². The maximum atomic E-state index is 11.5. The Balaban J connectivity index is 1.65. The summed E-state index contributed by atoms with van der Waals surface area (Å²) in [4.78, 5) is 24.2. The molecule has 1 saturated carbocycles. The van der Waals surface area contributed by atoms with E-state index >= 15 is 0 Å². The van der Waals surface area contributed by atoms with Crippen LogP contribution in [0.15, 0.2) is 0 Å². The summed E-state index contributed by atoms with van der Waals surface area (Å²) in [5.41, 5.74) is 0. The van der Waals surface area contributed by atoms with Crippen LogP contribution in [0.2, 0.25) is 0 Å². The average molecular weight is 226 g/mol. The van der Waals surface area contributed by atoms with Crippen LogP contribution < -0.4 is 5.32 Å². The summed E-state index contributed by atoms with van der Waals surface area (Å²) in [6.45, 7) is 2.35. The highest BCUT2D eigenvalue weighted by Gasteiger charge is 2.29. The Morgan fingerprint density at radius 1 is 1.31 bits per heavy atom. The number of carboxylic acid groups (broad SMARTS) is 1. The van der Waals surface area contributed by atoms with Gasteiger partial charge in [-0.25, -0.2) is 0 Å². The van der Waals surface area contributed by atoms with Gasteiger partial charge >= 0.3 is 5.97 Å². The van der Waals surface area contributed by atoms with Crippen LogP contribution in [-0.4, -0.2) is 48.1 Å². The van der Waals surface area contributed by atoms with E-state index in [4.69, 9.17) is 5.11 Å². The molecule has 16 heavy (non-hydrogen) atoms. The van der Waals surface area contributed by atoms with Crippen molar-refractivity contribution in [3.8, 4) is 0 Å². The lowest BCUT2D eigenvalue weighted by Gasteiger charge is -2.14. The summed E-state index contributed by atoms with van der Waals surface area (Å²) in [5, 5.41) is 11.7. The molecule has 1 unspecified atom stereocenters. The molecular formula is C11H18N2O3. The van der Waals surface area contributed by atoms with E-state index in [-0.39, 0.29) is 11.8 Å². The molecule has 0 radical (unpaired) electrons. The normalized spacial score (nSPS) is 25.6. The van der Waals surface area contributed by atoms with Crippen molar-refractivity contribution >= 4 is 11.9 Å². The van der Waals surface area contributed by atoms with Crippen molar-refractivity contribution in [3.63, 3.8) is 0 Å². The zero-order valence-electron chi connectivity index (χ0n) is 9.32. The smallest absolute Gasteiger partial charge is 0.307 e. The number of carboxylic acids is 1. The van der Waals surface area contributed by atoms with Crippen molar-refractivity contribution in [2.75, 3.05) is 26.2 Å². The average Bonchev–Trinajstić information content (AvgIpc) is 2.95. The second kappa shape index (κ2) is 4.82. The number of hydrogen-bond donors (Lipinski definition) is 2. The third-order valence-electron chi connectivity index (χ3n) is 3.27. The van der Waals surface area contributed by atoms with E-state index < -0.39 is 5.97 Å². The van der Waals surface area contributed by atoms with Gasteiger partial charge in [-0.2, -0.15) is 0 Å². The molecule has 1 amide bonds. The van der Waals surface area contributed by atoms with Crippen molar-refractivity contribution < 1.29 is 14.7 Å². The van der Waals surface area contributed by atoms with Gasteiger partial charge in [-0.1, -0.05) is 0 Å². The third kappa shape index (κ3) is 3.20. The minimum atomic E-state index is -0.749. The molecule has 0 spiro atoms. The number of carbonyl (C=O) groups is 2. The number of nitrogens with zero attached hydrogens (tertiary/aromatic N) is 1. The van der Waals surface area contributed by atoms with Crippen LogP contribution in [0.1, 0.15) is 19.3 Å². The van der Waals surface area contributed by atoms with Gasteiger partial charge in [0, 0.05) is 13.1 Å². The Morgan fingerprint density at radius 3 is 2.62 bits per heavy atom. The number of carbonyl (C=O) groups excluding carboxylic acids is 1. The van der Waals surface area contributed by atoms with Crippen LogP contribution in [-0.2, 0) is 9.59 Å². The van der Waals surface area contributed by atoms with Gasteiger partial charge in [-0.15, -0.1) is 0 Å². The molecule has 1 atom stereocenters. The summed E-state index contributed by atoms with van der Waals surface area (Å²) < 4.78 is 0. The van der Waals surface area contributed by atoms with E-state index in [2.05, 4.69) is 5.32 Å². The van der Waals surface area contributed by atoms with Crippen molar-refractivity contribution in [2.24, 2.45) is 11.8 Å². The Bertz CT molecular complexity index is 289. The fraction of sp³-hybridized carbons (Fsp3) is 0.818. The molecule has 5 heteroatoms. The van der Waals surface area contributed by atoms with Gasteiger partial charge in [0.15, 0.2) is 0 Å². The van der Waals surface area contributed by atoms with E-state index in [1.807, 2.05) is 4.90 Å². The zero-order valence-corrected chi connectivity index (χ0v) is 9.32. The maximum absolute atomic E-state index is 11.5. The molecule has 2 N–H and O–H groups in total. The molecule has 1 aliphatic carbocycles. The minimum absolute atomic E-state index is 0.0259. The SMILES string of the molecule is O=C(CN1CCC(C(=O)O)C1)NCC1CC1. The largest absolute Gasteiger partial charge is 0.481 e. The van der Waals surface area contributed by atoms with E-state index in [1.165, 1.54) is 12.8 Å². The van der Waals surface area contributed by atoms with Gasteiger partial charge in [0.2, 0.25) is 5.91 Å². The van der Waals surface area contributed by atoms with E-state index in [0.717, 1.165) is 6.54 Å². The zero-order chi connectivity index (χ0) is 11.5. The van der Waals surface area contributed by atoms with Gasteiger partial charge < -0.3 is 10.4 Å². The van der Waals surface area contributed by atoms with Crippen molar-refractivity contribution in [3.05, 3.63) is 0 Å². The summed E-state index contributed by atoms with van der Waals surface area (Å²) in [6, 6.07) is 0. The molecule has 0 aromatic heterocycles. The Hall–Kier alpha value is -1.10. The molecule has 1 saturated heterocycles. The van der Waals surface area contributed by atoms with E-state index in [0.29, 0.717) is 32.0 Å². The molecule has 2 fully saturated rings. The van der Waals surface area contributed by atoms with Gasteiger partial charge in [0.1, 0.15) is 0 Å². The van der Waals surface area contributed by atoms with Crippen molar-refractivity contribution in [2.45, 2.75) is 19.3 Å². The molecular weight excluding hydrogens is 208 g/mol. The quantitative estimate of drug-likeness (QED) is 0.688. The predicted octanol–water partition coefficient (Wildman–Crippen LogP) is -0.0809. The molecule has 5 nitrogen and oxygen atoms in total. The molecule has 0 bridgehead atoms. The molecule has 1 heterocycles. The highest BCUT2D eigenvalue weighted by atomic mass is 16.4.